The van der Waals surface area contributed by atoms with Gasteiger partial charge < -0.3 is 5.11 Å². The standard InChI is InChI=1S/C19H18N2O3/c22-18(8-9-19(23)24)17-7-6-15-13-21(11-10-16(15)20-17)12-14-4-2-1-3-5-14/h1-9H,10-13H2,(H,23,24)/b9-8+. The molecule has 2 aromatic rings. The normalized spacial score (nSPS) is 14.5. The molecule has 0 atom stereocenters. The van der Waals surface area contributed by atoms with E-state index < -0.39 is 5.97 Å². The largest absolute Gasteiger partial charge is 0.478 e. The molecule has 0 aliphatic carbocycles. The van der Waals surface area contributed by atoms with Crippen molar-refractivity contribution in [2.24, 2.45) is 0 Å². The number of nitrogens with zero attached hydrogens (tertiary/aromatic N) is 2. The van der Waals surface area contributed by atoms with E-state index in [0.29, 0.717) is 5.69 Å². The SMILES string of the molecule is O=C(O)/C=C/C(=O)c1ccc2c(n1)CCN(Cc1ccccc1)C2. The molecular formula is C19H18N2O3. The average molecular weight is 322 g/mol. The molecule has 122 valence electrons. The van der Waals surface area contributed by atoms with Gasteiger partial charge in [-0.1, -0.05) is 36.4 Å². The Labute approximate surface area is 140 Å². The van der Waals surface area contributed by atoms with Crippen molar-refractivity contribution in [1.29, 1.82) is 0 Å². The Hall–Kier alpha value is -2.79. The minimum atomic E-state index is -1.14. The summed E-state index contributed by atoms with van der Waals surface area (Å²) in [5, 5.41) is 8.59. The van der Waals surface area contributed by atoms with Crippen molar-refractivity contribution < 1.29 is 14.7 Å². The molecule has 0 amide bonds. The second kappa shape index (κ2) is 7.19. The van der Waals surface area contributed by atoms with Crippen molar-refractivity contribution in [2.45, 2.75) is 19.5 Å². The van der Waals surface area contributed by atoms with Crippen LogP contribution in [0.3, 0.4) is 0 Å². The van der Waals surface area contributed by atoms with Gasteiger partial charge in [-0.25, -0.2) is 9.78 Å². The molecule has 0 radical (unpaired) electrons. The average Bonchev–Trinajstić information content (AvgIpc) is 2.60. The molecule has 1 aliphatic rings. The molecule has 0 saturated heterocycles. The van der Waals surface area contributed by atoms with E-state index in [0.717, 1.165) is 49.5 Å². The van der Waals surface area contributed by atoms with Crippen LogP contribution in [0.4, 0.5) is 0 Å². The fourth-order valence-electron chi connectivity index (χ4n) is 2.82. The highest BCUT2D eigenvalue weighted by Gasteiger charge is 2.18. The molecule has 1 N–H and O–H groups in total. The number of rotatable bonds is 5. The third-order valence-electron chi connectivity index (χ3n) is 4.01. The predicted molar refractivity (Wildman–Crippen MR) is 89.6 cm³/mol. The Bertz CT molecular complexity index is 784. The topological polar surface area (TPSA) is 70.5 Å². The minimum absolute atomic E-state index is 0.294. The van der Waals surface area contributed by atoms with E-state index in [2.05, 4.69) is 22.0 Å². The summed E-state index contributed by atoms with van der Waals surface area (Å²) >= 11 is 0. The van der Waals surface area contributed by atoms with Gasteiger partial charge in [0.05, 0.1) is 0 Å². The molecule has 0 unspecified atom stereocenters. The van der Waals surface area contributed by atoms with E-state index in [-0.39, 0.29) is 5.78 Å². The zero-order valence-electron chi connectivity index (χ0n) is 13.2. The lowest BCUT2D eigenvalue weighted by atomic mass is 10.0. The second-order valence-electron chi connectivity index (χ2n) is 5.78. The van der Waals surface area contributed by atoms with Gasteiger partial charge in [0.15, 0.2) is 0 Å². The number of allylic oxidation sites excluding steroid dienone is 1. The predicted octanol–water partition coefficient (Wildman–Crippen LogP) is 2.46. The number of fused-ring (bicyclic) bond motifs is 1. The Morgan fingerprint density at radius 3 is 2.67 bits per heavy atom. The van der Waals surface area contributed by atoms with Crippen molar-refractivity contribution >= 4 is 11.8 Å². The summed E-state index contributed by atoms with van der Waals surface area (Å²) in [7, 11) is 0. The number of benzene rings is 1. The summed E-state index contributed by atoms with van der Waals surface area (Å²) < 4.78 is 0. The highest BCUT2D eigenvalue weighted by Crippen LogP contribution is 2.20. The van der Waals surface area contributed by atoms with E-state index in [1.54, 1.807) is 6.07 Å². The molecule has 0 bridgehead atoms. The lowest BCUT2D eigenvalue weighted by Gasteiger charge is -2.28. The summed E-state index contributed by atoms with van der Waals surface area (Å²) in [5.74, 6) is -1.52. The smallest absolute Gasteiger partial charge is 0.328 e. The van der Waals surface area contributed by atoms with Gasteiger partial charge in [-0.05, 0) is 23.3 Å². The number of hydrogen-bond acceptors (Lipinski definition) is 4. The van der Waals surface area contributed by atoms with Crippen LogP contribution in [0.15, 0.2) is 54.6 Å². The first-order valence-electron chi connectivity index (χ1n) is 7.82. The minimum Gasteiger partial charge on any atom is -0.478 e. The lowest BCUT2D eigenvalue weighted by molar-refractivity contribution is -0.131. The maximum Gasteiger partial charge on any atom is 0.328 e. The summed E-state index contributed by atoms with van der Waals surface area (Å²) in [4.78, 5) is 29.2. The van der Waals surface area contributed by atoms with Crippen molar-refractivity contribution in [2.75, 3.05) is 6.54 Å². The number of carbonyl (C=O) groups excluding carboxylic acids is 1. The first kappa shape index (κ1) is 16.1. The first-order valence-corrected chi connectivity index (χ1v) is 7.82. The zero-order chi connectivity index (χ0) is 16.9. The van der Waals surface area contributed by atoms with Crippen LogP contribution in [0.2, 0.25) is 0 Å². The lowest BCUT2D eigenvalue weighted by Crippen LogP contribution is -2.31. The molecule has 1 aromatic heterocycles. The Morgan fingerprint density at radius 2 is 1.92 bits per heavy atom. The molecule has 0 spiro atoms. The Balaban J connectivity index is 1.70. The molecule has 0 saturated carbocycles. The van der Waals surface area contributed by atoms with Gasteiger partial charge in [-0.15, -0.1) is 0 Å². The van der Waals surface area contributed by atoms with E-state index in [1.165, 1.54) is 5.56 Å². The number of ketones is 1. The Morgan fingerprint density at radius 1 is 1.12 bits per heavy atom. The highest BCUT2D eigenvalue weighted by molar-refractivity contribution is 6.05. The fraction of sp³-hybridized carbons (Fsp3) is 0.211. The third kappa shape index (κ3) is 3.94. The molecule has 5 nitrogen and oxygen atoms in total. The van der Waals surface area contributed by atoms with Gasteiger partial charge in [0.1, 0.15) is 5.69 Å². The van der Waals surface area contributed by atoms with E-state index in [9.17, 15) is 9.59 Å². The van der Waals surface area contributed by atoms with Gasteiger partial charge in [0.25, 0.3) is 0 Å². The molecule has 1 aromatic carbocycles. The molecule has 5 heteroatoms. The van der Waals surface area contributed by atoms with Crippen LogP contribution in [-0.4, -0.2) is 33.3 Å². The van der Waals surface area contributed by atoms with Crippen LogP contribution in [0.5, 0.6) is 0 Å². The van der Waals surface area contributed by atoms with Crippen molar-refractivity contribution in [3.05, 3.63) is 77.1 Å². The maximum absolute atomic E-state index is 11.9. The van der Waals surface area contributed by atoms with Gasteiger partial charge in [0.2, 0.25) is 5.78 Å². The first-order chi connectivity index (χ1) is 11.6. The third-order valence-corrected chi connectivity index (χ3v) is 4.01. The fourth-order valence-corrected chi connectivity index (χ4v) is 2.82. The molecule has 3 rings (SSSR count). The summed E-state index contributed by atoms with van der Waals surface area (Å²) in [5.41, 5.74) is 3.62. The van der Waals surface area contributed by atoms with Crippen molar-refractivity contribution in [3.63, 3.8) is 0 Å². The number of carboxylic acids is 1. The summed E-state index contributed by atoms with van der Waals surface area (Å²) in [6.45, 7) is 2.58. The van der Waals surface area contributed by atoms with Gasteiger partial charge in [0, 0.05) is 37.8 Å². The summed E-state index contributed by atoms with van der Waals surface area (Å²) in [6, 6.07) is 13.9. The zero-order valence-corrected chi connectivity index (χ0v) is 13.2. The van der Waals surface area contributed by atoms with Crippen LogP contribution in [0.25, 0.3) is 0 Å². The van der Waals surface area contributed by atoms with Crippen LogP contribution < -0.4 is 0 Å². The van der Waals surface area contributed by atoms with Crippen LogP contribution >= 0.6 is 0 Å². The summed E-state index contributed by atoms with van der Waals surface area (Å²) in [6.07, 6.45) is 2.67. The van der Waals surface area contributed by atoms with Crippen molar-refractivity contribution in [3.8, 4) is 0 Å². The van der Waals surface area contributed by atoms with Crippen molar-refractivity contribution in [1.82, 2.24) is 9.88 Å². The molecular weight excluding hydrogens is 304 g/mol. The highest BCUT2D eigenvalue weighted by atomic mass is 16.4. The molecule has 2 heterocycles. The molecule has 1 aliphatic heterocycles. The van der Waals surface area contributed by atoms with E-state index in [4.69, 9.17) is 5.11 Å². The number of hydrogen-bond donors (Lipinski definition) is 1. The number of carbonyl (C=O) groups is 2. The van der Waals surface area contributed by atoms with Crippen LogP contribution in [0, 0.1) is 0 Å². The maximum atomic E-state index is 11.9. The quantitative estimate of drug-likeness (QED) is 0.676. The van der Waals surface area contributed by atoms with Gasteiger partial charge in [-0.2, -0.15) is 0 Å². The van der Waals surface area contributed by atoms with E-state index >= 15 is 0 Å². The second-order valence-corrected chi connectivity index (χ2v) is 5.78. The van der Waals surface area contributed by atoms with Gasteiger partial charge >= 0.3 is 5.97 Å². The number of aliphatic carboxylic acids is 1. The Kier molecular flexibility index (Phi) is 4.82. The number of carboxylic acid groups (broad SMARTS) is 1. The van der Waals surface area contributed by atoms with Crippen LogP contribution in [0.1, 0.15) is 27.3 Å². The molecule has 0 fully saturated rings. The van der Waals surface area contributed by atoms with E-state index in [1.807, 2.05) is 24.3 Å². The van der Waals surface area contributed by atoms with Crippen LogP contribution in [-0.2, 0) is 24.3 Å². The number of aromatic nitrogens is 1. The number of pyridine rings is 1. The molecule has 24 heavy (non-hydrogen) atoms. The monoisotopic (exact) mass is 322 g/mol. The van der Waals surface area contributed by atoms with Gasteiger partial charge in [-0.3, -0.25) is 9.69 Å².